The van der Waals surface area contributed by atoms with E-state index in [0.29, 0.717) is 35.3 Å². The molecule has 0 spiro atoms. The first-order chi connectivity index (χ1) is 14.0. The van der Waals surface area contributed by atoms with Crippen LogP contribution < -0.4 is 25.8 Å². The van der Waals surface area contributed by atoms with Crippen molar-refractivity contribution in [1.82, 2.24) is 20.2 Å². The van der Waals surface area contributed by atoms with Crippen LogP contribution in [0.3, 0.4) is 0 Å². The maximum Gasteiger partial charge on any atom is 0.234 e. The Bertz CT molecular complexity index is 852. The largest absolute Gasteiger partial charge is 0.493 e. The van der Waals surface area contributed by atoms with Crippen molar-refractivity contribution >= 4 is 28.6 Å². The standard InChI is InChI=1S/C20H30N6O3/c1-4-7-22-18(27)12-26-8-5-13(6-9-26)23-20-24-15-11-17(29-3)16(28-2)10-14(15)19(21)25-20/h10-11,13H,4-9,12H2,1-3H3,(H,22,27)(H3,21,23,24,25). The molecule has 1 aromatic carbocycles. The number of anilines is 2. The normalized spacial score (nSPS) is 15.3. The van der Waals surface area contributed by atoms with Gasteiger partial charge in [-0.1, -0.05) is 6.92 Å². The van der Waals surface area contributed by atoms with E-state index >= 15 is 0 Å². The molecule has 1 saturated heterocycles. The number of aromatic nitrogens is 2. The average molecular weight is 402 g/mol. The molecule has 1 fully saturated rings. The maximum atomic E-state index is 11.9. The molecule has 3 rings (SSSR count). The van der Waals surface area contributed by atoms with Gasteiger partial charge in [-0.25, -0.2) is 4.98 Å². The smallest absolute Gasteiger partial charge is 0.234 e. The number of piperidine rings is 1. The SMILES string of the molecule is CCCNC(=O)CN1CCC(Nc2nc(N)c3cc(OC)c(OC)cc3n2)CC1. The zero-order valence-corrected chi connectivity index (χ0v) is 17.3. The number of hydrogen-bond donors (Lipinski definition) is 3. The number of ether oxygens (including phenoxy) is 2. The van der Waals surface area contributed by atoms with Gasteiger partial charge < -0.3 is 25.8 Å². The number of nitrogens with zero attached hydrogens (tertiary/aromatic N) is 3. The summed E-state index contributed by atoms with van der Waals surface area (Å²) < 4.78 is 10.7. The van der Waals surface area contributed by atoms with Crippen LogP contribution in [0.2, 0.25) is 0 Å². The Balaban J connectivity index is 1.63. The van der Waals surface area contributed by atoms with Crippen LogP contribution >= 0.6 is 0 Å². The number of benzene rings is 1. The van der Waals surface area contributed by atoms with Gasteiger partial charge in [0.2, 0.25) is 11.9 Å². The third kappa shape index (κ3) is 5.17. The fraction of sp³-hybridized carbons (Fsp3) is 0.550. The summed E-state index contributed by atoms with van der Waals surface area (Å²) in [5, 5.41) is 7.03. The highest BCUT2D eigenvalue weighted by Gasteiger charge is 2.22. The predicted molar refractivity (Wildman–Crippen MR) is 113 cm³/mol. The van der Waals surface area contributed by atoms with E-state index in [1.54, 1.807) is 26.4 Å². The highest BCUT2D eigenvalue weighted by Crippen LogP contribution is 2.33. The van der Waals surface area contributed by atoms with Gasteiger partial charge in [-0.15, -0.1) is 0 Å². The van der Waals surface area contributed by atoms with Crippen molar-refractivity contribution in [1.29, 1.82) is 0 Å². The lowest BCUT2D eigenvalue weighted by molar-refractivity contribution is -0.122. The van der Waals surface area contributed by atoms with Crippen LogP contribution in [0.15, 0.2) is 12.1 Å². The Morgan fingerprint density at radius 2 is 1.90 bits per heavy atom. The van der Waals surface area contributed by atoms with E-state index in [1.807, 2.05) is 6.92 Å². The first-order valence-electron chi connectivity index (χ1n) is 9.98. The van der Waals surface area contributed by atoms with Crippen LogP contribution in [-0.4, -0.2) is 67.2 Å². The van der Waals surface area contributed by atoms with Gasteiger partial charge in [0, 0.05) is 37.1 Å². The minimum Gasteiger partial charge on any atom is -0.493 e. The van der Waals surface area contributed by atoms with E-state index in [0.717, 1.165) is 44.3 Å². The number of nitrogen functional groups attached to an aromatic ring is 1. The van der Waals surface area contributed by atoms with Gasteiger partial charge in [-0.05, 0) is 25.3 Å². The molecule has 158 valence electrons. The fourth-order valence-corrected chi connectivity index (χ4v) is 3.49. The van der Waals surface area contributed by atoms with Gasteiger partial charge in [0.15, 0.2) is 11.5 Å². The second kappa shape index (κ2) is 9.60. The molecule has 29 heavy (non-hydrogen) atoms. The molecule has 2 heterocycles. The highest BCUT2D eigenvalue weighted by atomic mass is 16.5. The number of rotatable bonds is 8. The fourth-order valence-electron chi connectivity index (χ4n) is 3.49. The number of amides is 1. The third-order valence-corrected chi connectivity index (χ3v) is 5.09. The van der Waals surface area contributed by atoms with Gasteiger partial charge in [0.25, 0.3) is 0 Å². The molecule has 0 aliphatic carbocycles. The summed E-state index contributed by atoms with van der Waals surface area (Å²) in [6.45, 7) is 4.93. The number of likely N-dealkylation sites (tertiary alicyclic amines) is 1. The first-order valence-corrected chi connectivity index (χ1v) is 9.98. The second-order valence-electron chi connectivity index (χ2n) is 7.20. The molecule has 0 bridgehead atoms. The van der Waals surface area contributed by atoms with Crippen molar-refractivity contribution in [3.05, 3.63) is 12.1 Å². The van der Waals surface area contributed by atoms with Gasteiger partial charge >= 0.3 is 0 Å². The Morgan fingerprint density at radius 1 is 1.21 bits per heavy atom. The molecule has 0 atom stereocenters. The molecule has 0 unspecified atom stereocenters. The van der Waals surface area contributed by atoms with E-state index in [9.17, 15) is 4.79 Å². The molecule has 2 aromatic rings. The van der Waals surface area contributed by atoms with E-state index in [2.05, 4.69) is 25.5 Å². The molecular weight excluding hydrogens is 372 g/mol. The van der Waals surface area contributed by atoms with Crippen molar-refractivity contribution in [2.75, 3.05) is 51.4 Å². The van der Waals surface area contributed by atoms with E-state index < -0.39 is 0 Å². The van der Waals surface area contributed by atoms with Gasteiger partial charge in [-0.3, -0.25) is 9.69 Å². The van der Waals surface area contributed by atoms with Crippen molar-refractivity contribution in [3.8, 4) is 11.5 Å². The molecule has 1 aliphatic heterocycles. The van der Waals surface area contributed by atoms with Crippen LogP contribution in [0.25, 0.3) is 10.9 Å². The Kier molecular flexibility index (Phi) is 6.92. The van der Waals surface area contributed by atoms with Crippen molar-refractivity contribution < 1.29 is 14.3 Å². The predicted octanol–water partition coefficient (Wildman–Crippen LogP) is 1.63. The lowest BCUT2D eigenvalue weighted by atomic mass is 10.1. The molecule has 9 heteroatoms. The molecule has 0 saturated carbocycles. The highest BCUT2D eigenvalue weighted by molar-refractivity contribution is 5.91. The number of nitrogens with one attached hydrogen (secondary N) is 2. The van der Waals surface area contributed by atoms with Gasteiger partial charge in [-0.2, -0.15) is 4.98 Å². The van der Waals surface area contributed by atoms with E-state index in [4.69, 9.17) is 15.2 Å². The van der Waals surface area contributed by atoms with Crippen molar-refractivity contribution in [3.63, 3.8) is 0 Å². The van der Waals surface area contributed by atoms with Crippen molar-refractivity contribution in [2.24, 2.45) is 0 Å². The summed E-state index contributed by atoms with van der Waals surface area (Å²) in [5.41, 5.74) is 6.85. The number of nitrogens with two attached hydrogens (primary N) is 1. The second-order valence-corrected chi connectivity index (χ2v) is 7.20. The minimum absolute atomic E-state index is 0.0910. The summed E-state index contributed by atoms with van der Waals surface area (Å²) in [6, 6.07) is 3.83. The molecule has 4 N–H and O–H groups in total. The van der Waals surface area contributed by atoms with Gasteiger partial charge in [0.05, 0.1) is 26.3 Å². The summed E-state index contributed by atoms with van der Waals surface area (Å²) in [6.07, 6.45) is 2.77. The van der Waals surface area contributed by atoms with Crippen LogP contribution in [0.1, 0.15) is 26.2 Å². The minimum atomic E-state index is 0.0910. The number of methoxy groups -OCH3 is 2. The molecule has 1 aromatic heterocycles. The Morgan fingerprint density at radius 3 is 2.55 bits per heavy atom. The number of fused-ring (bicyclic) bond motifs is 1. The Hall–Kier alpha value is -2.81. The summed E-state index contributed by atoms with van der Waals surface area (Å²) >= 11 is 0. The molecule has 1 amide bonds. The maximum absolute atomic E-state index is 11.9. The van der Waals surface area contributed by atoms with Crippen LogP contribution in [0.5, 0.6) is 11.5 Å². The van der Waals surface area contributed by atoms with Crippen LogP contribution in [0, 0.1) is 0 Å². The number of carbonyl (C=O) groups is 1. The zero-order chi connectivity index (χ0) is 20.8. The zero-order valence-electron chi connectivity index (χ0n) is 17.3. The summed E-state index contributed by atoms with van der Waals surface area (Å²) in [4.78, 5) is 23.1. The monoisotopic (exact) mass is 402 g/mol. The average Bonchev–Trinajstić information content (AvgIpc) is 2.72. The lowest BCUT2D eigenvalue weighted by Gasteiger charge is -2.31. The molecule has 1 aliphatic rings. The third-order valence-electron chi connectivity index (χ3n) is 5.09. The van der Waals surface area contributed by atoms with E-state index in [1.165, 1.54) is 0 Å². The first kappa shape index (κ1) is 20.9. The van der Waals surface area contributed by atoms with Crippen molar-refractivity contribution in [2.45, 2.75) is 32.2 Å². The lowest BCUT2D eigenvalue weighted by Crippen LogP contribution is -2.44. The van der Waals surface area contributed by atoms with Crippen LogP contribution in [0.4, 0.5) is 11.8 Å². The van der Waals surface area contributed by atoms with E-state index in [-0.39, 0.29) is 11.9 Å². The molecular formula is C20H30N6O3. The number of carbonyl (C=O) groups excluding carboxylic acids is 1. The topological polar surface area (TPSA) is 115 Å². The summed E-state index contributed by atoms with van der Waals surface area (Å²) in [7, 11) is 3.17. The quantitative estimate of drug-likeness (QED) is 0.610. The molecule has 0 radical (unpaired) electrons. The van der Waals surface area contributed by atoms with Crippen LogP contribution in [-0.2, 0) is 4.79 Å². The summed E-state index contributed by atoms with van der Waals surface area (Å²) in [5.74, 6) is 2.17. The van der Waals surface area contributed by atoms with Gasteiger partial charge in [0.1, 0.15) is 5.82 Å². The Labute approximate surface area is 171 Å². The number of hydrogen-bond acceptors (Lipinski definition) is 8. The molecule has 9 nitrogen and oxygen atoms in total.